The lowest BCUT2D eigenvalue weighted by molar-refractivity contribution is 0.102. The number of amides is 2. The maximum atomic E-state index is 14.8. The van der Waals surface area contributed by atoms with Gasteiger partial charge in [0.2, 0.25) is 0 Å². The molecule has 0 atom stereocenters. The van der Waals surface area contributed by atoms with Crippen LogP contribution in [-0.2, 0) is 0 Å². The summed E-state index contributed by atoms with van der Waals surface area (Å²) in [4.78, 5) is 28.0. The highest BCUT2D eigenvalue weighted by molar-refractivity contribution is 6.12. The van der Waals surface area contributed by atoms with Gasteiger partial charge in [0.1, 0.15) is 5.82 Å². The van der Waals surface area contributed by atoms with Gasteiger partial charge in [0.25, 0.3) is 11.8 Å². The van der Waals surface area contributed by atoms with E-state index < -0.39 is 17.6 Å². The molecule has 2 amide bonds. The van der Waals surface area contributed by atoms with Crippen LogP contribution in [0.2, 0.25) is 0 Å². The van der Waals surface area contributed by atoms with E-state index in [1.54, 1.807) is 41.4 Å². The zero-order valence-corrected chi connectivity index (χ0v) is 21.5. The number of terminal acetylenes is 2. The van der Waals surface area contributed by atoms with Crippen molar-refractivity contribution in [3.63, 3.8) is 0 Å². The molecular formula is C30H28FN5O2. The number of carbonyl (C=O) groups is 2. The summed E-state index contributed by atoms with van der Waals surface area (Å²) in [5.41, 5.74) is 2.25. The molecule has 0 saturated carbocycles. The highest BCUT2D eigenvalue weighted by Crippen LogP contribution is 2.21. The predicted octanol–water partition coefficient (Wildman–Crippen LogP) is 4.12. The summed E-state index contributed by atoms with van der Waals surface area (Å²) in [5, 5.41) is 11.4. The van der Waals surface area contributed by atoms with E-state index >= 15 is 0 Å². The molecule has 0 fully saturated rings. The van der Waals surface area contributed by atoms with Gasteiger partial charge in [0, 0.05) is 37.0 Å². The van der Waals surface area contributed by atoms with Gasteiger partial charge in [-0.1, -0.05) is 17.9 Å². The second kappa shape index (κ2) is 12.9. The molecule has 7 nitrogen and oxygen atoms in total. The Hall–Kier alpha value is -4.92. The van der Waals surface area contributed by atoms with Crippen molar-refractivity contribution >= 4 is 29.4 Å². The molecule has 192 valence electrons. The zero-order valence-electron chi connectivity index (χ0n) is 21.5. The number of nitrogens with zero attached hydrogens (tertiary/aromatic N) is 3. The van der Waals surface area contributed by atoms with E-state index in [9.17, 15) is 14.0 Å². The second-order valence-electron chi connectivity index (χ2n) is 8.70. The first-order chi connectivity index (χ1) is 18.2. The number of anilines is 2. The summed E-state index contributed by atoms with van der Waals surface area (Å²) in [5.74, 6) is 3.04. The number of hydrogen-bond donors (Lipinski definition) is 2. The summed E-state index contributed by atoms with van der Waals surface area (Å²) in [6.07, 6.45) is 12.4. The standard InChI is InChI=1S/C30H28FN5O2/c1-6-21-8-12-24(13-9-21)33-30(38)26-18-22(7-2)11-15-28(26)34-29(37)25-14-10-23(19-27(25)31)20-32-36(5)17-16-35(3)4/h1-2,8-15,18-20H,16-17H2,3-5H3,(H,33,38)(H,34,37). The maximum absolute atomic E-state index is 14.8. The average Bonchev–Trinajstić information content (AvgIpc) is 2.91. The van der Waals surface area contributed by atoms with Crippen LogP contribution in [0.1, 0.15) is 37.4 Å². The van der Waals surface area contributed by atoms with Crippen molar-refractivity contribution < 1.29 is 14.0 Å². The predicted molar refractivity (Wildman–Crippen MR) is 150 cm³/mol. The number of hydrazone groups is 1. The van der Waals surface area contributed by atoms with Crippen molar-refractivity contribution in [2.24, 2.45) is 5.10 Å². The summed E-state index contributed by atoms with van der Waals surface area (Å²) in [6, 6.07) is 15.5. The lowest BCUT2D eigenvalue weighted by atomic mass is 10.1. The molecule has 0 heterocycles. The molecule has 0 spiro atoms. The van der Waals surface area contributed by atoms with Gasteiger partial charge in [-0.05, 0) is 74.3 Å². The number of nitrogens with one attached hydrogen (secondary N) is 2. The van der Waals surface area contributed by atoms with E-state index in [1.165, 1.54) is 30.5 Å². The van der Waals surface area contributed by atoms with Crippen molar-refractivity contribution in [3.05, 3.63) is 94.3 Å². The van der Waals surface area contributed by atoms with Crippen LogP contribution in [0.4, 0.5) is 15.8 Å². The molecule has 3 aromatic rings. The fourth-order valence-corrected chi connectivity index (χ4v) is 3.33. The van der Waals surface area contributed by atoms with Crippen LogP contribution in [0.5, 0.6) is 0 Å². The summed E-state index contributed by atoms with van der Waals surface area (Å²) in [6.45, 7) is 1.53. The summed E-state index contributed by atoms with van der Waals surface area (Å²) in [7, 11) is 5.76. The van der Waals surface area contributed by atoms with Gasteiger partial charge in [0.05, 0.1) is 23.0 Å². The fraction of sp³-hybridized carbons (Fsp3) is 0.167. The van der Waals surface area contributed by atoms with Crippen molar-refractivity contribution in [1.29, 1.82) is 0 Å². The minimum absolute atomic E-state index is 0.125. The van der Waals surface area contributed by atoms with Gasteiger partial charge < -0.3 is 15.5 Å². The monoisotopic (exact) mass is 509 g/mol. The molecule has 3 rings (SSSR count). The van der Waals surface area contributed by atoms with Gasteiger partial charge in [-0.15, -0.1) is 12.8 Å². The van der Waals surface area contributed by atoms with Gasteiger partial charge in [-0.2, -0.15) is 5.10 Å². The van der Waals surface area contributed by atoms with E-state index in [1.807, 2.05) is 26.0 Å². The molecule has 0 radical (unpaired) electrons. The quantitative estimate of drug-likeness (QED) is 0.259. The third-order valence-corrected chi connectivity index (χ3v) is 5.50. The normalized spacial score (nSPS) is 10.6. The van der Waals surface area contributed by atoms with Crippen LogP contribution in [-0.4, -0.2) is 62.2 Å². The van der Waals surface area contributed by atoms with Crippen molar-refractivity contribution in [1.82, 2.24) is 9.91 Å². The number of halogens is 1. The van der Waals surface area contributed by atoms with Crippen LogP contribution < -0.4 is 10.6 Å². The Balaban J connectivity index is 1.77. The van der Waals surface area contributed by atoms with E-state index in [0.29, 0.717) is 28.9 Å². The Morgan fingerprint density at radius 3 is 2.16 bits per heavy atom. The largest absolute Gasteiger partial charge is 0.322 e. The number of hydrogen-bond acceptors (Lipinski definition) is 5. The molecule has 0 bridgehead atoms. The molecule has 2 N–H and O–H groups in total. The molecule has 0 aliphatic rings. The molecule has 0 unspecified atom stereocenters. The molecule has 0 aliphatic carbocycles. The number of carbonyl (C=O) groups excluding carboxylic acids is 2. The topological polar surface area (TPSA) is 77.0 Å². The minimum Gasteiger partial charge on any atom is -0.322 e. The molecule has 3 aromatic carbocycles. The van der Waals surface area contributed by atoms with Gasteiger partial charge in [0.15, 0.2) is 0 Å². The van der Waals surface area contributed by atoms with E-state index in [4.69, 9.17) is 12.8 Å². The van der Waals surface area contributed by atoms with Crippen LogP contribution in [0, 0.1) is 30.5 Å². The first-order valence-corrected chi connectivity index (χ1v) is 11.7. The Kier molecular flexibility index (Phi) is 9.37. The average molecular weight is 510 g/mol. The number of likely N-dealkylation sites (N-methyl/N-ethyl adjacent to an activating group) is 2. The number of rotatable bonds is 9. The minimum atomic E-state index is -0.720. The van der Waals surface area contributed by atoms with E-state index in [2.05, 4.69) is 27.6 Å². The van der Waals surface area contributed by atoms with Gasteiger partial charge in [-0.25, -0.2) is 4.39 Å². The van der Waals surface area contributed by atoms with Gasteiger partial charge in [-0.3, -0.25) is 14.6 Å². The first kappa shape index (κ1) is 27.7. The summed E-state index contributed by atoms with van der Waals surface area (Å²) < 4.78 is 14.8. The fourth-order valence-electron chi connectivity index (χ4n) is 3.33. The third kappa shape index (κ3) is 7.54. The lowest BCUT2D eigenvalue weighted by Gasteiger charge is -2.16. The molecule has 0 saturated heterocycles. The highest BCUT2D eigenvalue weighted by atomic mass is 19.1. The maximum Gasteiger partial charge on any atom is 0.258 e. The van der Waals surface area contributed by atoms with Crippen LogP contribution >= 0.6 is 0 Å². The van der Waals surface area contributed by atoms with Crippen molar-refractivity contribution in [2.75, 3.05) is 44.9 Å². The molecule has 38 heavy (non-hydrogen) atoms. The number of benzene rings is 3. The summed E-state index contributed by atoms with van der Waals surface area (Å²) >= 11 is 0. The Labute approximate surface area is 222 Å². The second-order valence-corrected chi connectivity index (χ2v) is 8.70. The first-order valence-electron chi connectivity index (χ1n) is 11.7. The smallest absolute Gasteiger partial charge is 0.258 e. The van der Waals surface area contributed by atoms with Crippen LogP contribution in [0.15, 0.2) is 65.8 Å². The molecule has 0 aliphatic heterocycles. The lowest BCUT2D eigenvalue weighted by Crippen LogP contribution is -2.25. The Morgan fingerprint density at radius 1 is 0.868 bits per heavy atom. The van der Waals surface area contributed by atoms with Crippen LogP contribution in [0.3, 0.4) is 0 Å². The molecule has 8 heteroatoms. The van der Waals surface area contributed by atoms with E-state index in [0.717, 1.165) is 6.54 Å². The Bertz CT molecular complexity index is 1430. The van der Waals surface area contributed by atoms with Crippen LogP contribution in [0.25, 0.3) is 0 Å². The van der Waals surface area contributed by atoms with Crippen molar-refractivity contribution in [2.45, 2.75) is 0 Å². The molecule has 0 aromatic heterocycles. The van der Waals surface area contributed by atoms with Crippen molar-refractivity contribution in [3.8, 4) is 24.7 Å². The Morgan fingerprint density at radius 2 is 1.53 bits per heavy atom. The zero-order chi connectivity index (χ0) is 27.7. The van der Waals surface area contributed by atoms with E-state index in [-0.39, 0.29) is 16.8 Å². The van der Waals surface area contributed by atoms with Gasteiger partial charge >= 0.3 is 0 Å². The third-order valence-electron chi connectivity index (χ3n) is 5.50. The molecular weight excluding hydrogens is 481 g/mol. The highest BCUT2D eigenvalue weighted by Gasteiger charge is 2.18. The SMILES string of the molecule is C#Cc1ccc(NC(=O)c2cc(C#C)ccc2NC(=O)c2ccc(C=NN(C)CCN(C)C)cc2F)cc1.